The summed E-state index contributed by atoms with van der Waals surface area (Å²) in [6.07, 6.45) is 13.8. The van der Waals surface area contributed by atoms with Crippen LogP contribution in [0.1, 0.15) is 91.9 Å². The molecule has 39 heavy (non-hydrogen) atoms. The molecular formula is C28H48CaO8P2. The summed E-state index contributed by atoms with van der Waals surface area (Å²) in [7, 11) is -6.83. The number of carboxylic acid groups (broad SMARTS) is 2. The van der Waals surface area contributed by atoms with Crippen LogP contribution in [0.15, 0.2) is 23.3 Å². The van der Waals surface area contributed by atoms with Gasteiger partial charge in [-0.25, -0.2) is 0 Å². The van der Waals surface area contributed by atoms with E-state index in [2.05, 4.69) is 0 Å². The molecule has 220 valence electrons. The van der Waals surface area contributed by atoms with Crippen LogP contribution in [0.4, 0.5) is 0 Å². The number of allylic oxidation sites excluding steroid dienone is 2. The standard InChI is InChI=1S/2C14H25O4P.Ca/c2*1-11(2)9-19(17,18)10-13(14(15)16)8-12-6-4-3-5-7-12;/h2*8,11-12H,3-7,9-10H2,1-2H3,(H,15,16)(H,17,18);/q;;+2/p-2/b2*13-8+;. The van der Waals surface area contributed by atoms with Crippen molar-refractivity contribution in [2.45, 2.75) is 91.9 Å². The van der Waals surface area contributed by atoms with E-state index in [1.54, 1.807) is 12.2 Å². The zero-order chi connectivity index (χ0) is 28.9. The summed E-state index contributed by atoms with van der Waals surface area (Å²) in [4.78, 5) is 42.0. The van der Waals surface area contributed by atoms with Gasteiger partial charge in [0.1, 0.15) is 0 Å². The minimum Gasteiger partial charge on any atom is -0.545 e. The topological polar surface area (TPSA) is 155 Å². The third-order valence-electron chi connectivity index (χ3n) is 6.83. The average Bonchev–Trinajstić information content (AvgIpc) is 2.78. The van der Waals surface area contributed by atoms with E-state index in [0.29, 0.717) is 0 Å². The second-order valence-electron chi connectivity index (χ2n) is 11.9. The van der Waals surface area contributed by atoms with Crippen LogP contribution >= 0.6 is 14.7 Å². The number of rotatable bonds is 12. The molecule has 2 aliphatic carbocycles. The Labute approximate surface area is 265 Å². The largest absolute Gasteiger partial charge is 2.00 e. The molecule has 0 saturated heterocycles. The number of carboxylic acids is 2. The van der Waals surface area contributed by atoms with E-state index in [4.69, 9.17) is 0 Å². The maximum Gasteiger partial charge on any atom is 2.00 e. The summed E-state index contributed by atoms with van der Waals surface area (Å²) in [5.41, 5.74) is 0.0248. The summed E-state index contributed by atoms with van der Waals surface area (Å²) >= 11 is 0. The Bertz CT molecular complexity index is 843. The minimum atomic E-state index is -3.42. The molecule has 0 spiro atoms. The van der Waals surface area contributed by atoms with E-state index in [-0.39, 0.29) is 97.2 Å². The molecule has 11 heteroatoms. The summed E-state index contributed by atoms with van der Waals surface area (Å²) in [6, 6.07) is 0. The molecule has 2 unspecified atom stereocenters. The molecule has 2 rings (SSSR count). The molecule has 0 radical (unpaired) electrons. The van der Waals surface area contributed by atoms with Gasteiger partial charge in [-0.2, -0.15) is 0 Å². The molecule has 0 aliphatic heterocycles. The van der Waals surface area contributed by atoms with Crippen molar-refractivity contribution in [2.75, 3.05) is 24.6 Å². The molecule has 2 atom stereocenters. The van der Waals surface area contributed by atoms with Gasteiger partial charge in [-0.3, -0.25) is 9.13 Å². The van der Waals surface area contributed by atoms with Crippen molar-refractivity contribution >= 4 is 64.4 Å². The van der Waals surface area contributed by atoms with Gasteiger partial charge in [0.15, 0.2) is 0 Å². The smallest absolute Gasteiger partial charge is 0.545 e. The van der Waals surface area contributed by atoms with Crippen molar-refractivity contribution in [3.05, 3.63) is 23.3 Å². The van der Waals surface area contributed by atoms with Crippen LogP contribution in [-0.2, 0) is 18.7 Å². The molecule has 0 aromatic heterocycles. The normalized spacial score (nSPS) is 20.8. The molecule has 8 nitrogen and oxygen atoms in total. The number of hydrogen-bond donors (Lipinski definition) is 2. The zero-order valence-corrected chi connectivity index (χ0v) is 28.3. The maximum atomic E-state index is 12.0. The van der Waals surface area contributed by atoms with Crippen molar-refractivity contribution in [1.82, 2.24) is 0 Å². The van der Waals surface area contributed by atoms with Crippen molar-refractivity contribution in [2.24, 2.45) is 23.7 Å². The number of carbonyl (C=O) groups is 2. The Balaban J connectivity index is 0.000000722. The van der Waals surface area contributed by atoms with E-state index < -0.39 is 26.7 Å². The van der Waals surface area contributed by atoms with Crippen LogP contribution < -0.4 is 10.2 Å². The molecule has 0 amide bonds. The molecule has 0 heterocycles. The molecule has 0 bridgehead atoms. The summed E-state index contributed by atoms with van der Waals surface area (Å²) in [6.45, 7) is 7.41. The van der Waals surface area contributed by atoms with Gasteiger partial charge in [-0.05, 0) is 60.5 Å². The Morgan fingerprint density at radius 1 is 0.692 bits per heavy atom. The molecule has 0 aromatic carbocycles. The summed E-state index contributed by atoms with van der Waals surface area (Å²) in [5, 5.41) is 22.3. The predicted molar refractivity (Wildman–Crippen MR) is 154 cm³/mol. The van der Waals surface area contributed by atoms with Gasteiger partial charge in [0, 0.05) is 12.3 Å². The average molecular weight is 615 g/mol. The van der Waals surface area contributed by atoms with Crippen LogP contribution in [0.5, 0.6) is 0 Å². The molecule has 2 aliphatic rings. The maximum absolute atomic E-state index is 12.0. The first-order valence-corrected chi connectivity index (χ1v) is 18.1. The SMILES string of the molecule is CC(C)CP(=O)(O)C/C(=C\C1CCCCC1)C(=O)[O-].CC(C)CP(=O)(O)C/C(=C\C1CCCCC1)C(=O)[O-].[Ca+2]. The van der Waals surface area contributed by atoms with Crippen LogP contribution in [0, 0.1) is 23.7 Å². The van der Waals surface area contributed by atoms with Crippen molar-refractivity contribution in [1.29, 1.82) is 0 Å². The summed E-state index contributed by atoms with van der Waals surface area (Å²) in [5.74, 6) is -2.00. The van der Waals surface area contributed by atoms with Gasteiger partial charge >= 0.3 is 37.7 Å². The van der Waals surface area contributed by atoms with E-state index in [9.17, 15) is 38.7 Å². The van der Waals surface area contributed by atoms with Gasteiger partial charge < -0.3 is 29.6 Å². The first kappa shape index (κ1) is 39.1. The van der Waals surface area contributed by atoms with Crippen molar-refractivity contribution in [3.63, 3.8) is 0 Å². The molecule has 0 aromatic rings. The van der Waals surface area contributed by atoms with Crippen LogP contribution in [0.25, 0.3) is 0 Å². The third kappa shape index (κ3) is 18.3. The number of carbonyl (C=O) groups excluding carboxylic acids is 2. The summed E-state index contributed by atoms with van der Waals surface area (Å²) < 4.78 is 24.0. The first-order valence-electron chi connectivity index (χ1n) is 14.1. The fraction of sp³-hybridized carbons (Fsp3) is 0.786. The monoisotopic (exact) mass is 614 g/mol. The number of hydrogen-bond acceptors (Lipinski definition) is 6. The fourth-order valence-electron chi connectivity index (χ4n) is 5.34. The zero-order valence-electron chi connectivity index (χ0n) is 24.3. The van der Waals surface area contributed by atoms with Crippen LogP contribution in [0.2, 0.25) is 0 Å². The second kappa shape index (κ2) is 19.3. The predicted octanol–water partition coefficient (Wildman–Crippen LogP) is 3.96. The fourth-order valence-corrected chi connectivity index (χ4v) is 9.42. The number of aliphatic carboxylic acids is 2. The van der Waals surface area contributed by atoms with Gasteiger partial charge in [0.05, 0.1) is 24.3 Å². The first-order chi connectivity index (χ1) is 17.6. The minimum absolute atomic E-state index is 0. The second-order valence-corrected chi connectivity index (χ2v) is 16.7. The Morgan fingerprint density at radius 3 is 1.21 bits per heavy atom. The van der Waals surface area contributed by atoms with E-state index in [1.165, 1.54) is 12.8 Å². The van der Waals surface area contributed by atoms with Crippen LogP contribution in [0.3, 0.4) is 0 Å². The molecule has 2 fully saturated rings. The van der Waals surface area contributed by atoms with Crippen LogP contribution in [-0.4, -0.2) is 84.1 Å². The van der Waals surface area contributed by atoms with Gasteiger partial charge in [-0.15, -0.1) is 0 Å². The van der Waals surface area contributed by atoms with Crippen molar-refractivity contribution < 1.29 is 38.7 Å². The third-order valence-corrected chi connectivity index (χ3v) is 11.1. The Hall–Kier alpha value is 0.0597. The van der Waals surface area contributed by atoms with E-state index >= 15 is 0 Å². The van der Waals surface area contributed by atoms with Crippen molar-refractivity contribution in [3.8, 4) is 0 Å². The molecular weight excluding hydrogens is 566 g/mol. The molecule has 2 N–H and O–H groups in total. The van der Waals surface area contributed by atoms with Gasteiger partial charge in [0.2, 0.25) is 14.7 Å². The van der Waals surface area contributed by atoms with E-state index in [1.807, 2.05) is 27.7 Å². The Kier molecular flexibility index (Phi) is 19.3. The van der Waals surface area contributed by atoms with E-state index in [0.717, 1.165) is 51.4 Å². The Morgan fingerprint density at radius 2 is 0.974 bits per heavy atom. The molecule has 2 saturated carbocycles. The van der Waals surface area contributed by atoms with Gasteiger partial charge in [-0.1, -0.05) is 78.4 Å². The van der Waals surface area contributed by atoms with Gasteiger partial charge in [0.25, 0.3) is 0 Å². The quantitative estimate of drug-likeness (QED) is 0.190.